The predicted molar refractivity (Wildman–Crippen MR) is 102 cm³/mol. The molecule has 0 aliphatic carbocycles. The topological polar surface area (TPSA) is 126 Å². The zero-order chi connectivity index (χ0) is 21.4. The maximum Gasteiger partial charge on any atom is 0.344 e. The summed E-state index contributed by atoms with van der Waals surface area (Å²) in [7, 11) is 2.85. The van der Waals surface area contributed by atoms with Crippen LogP contribution in [0.3, 0.4) is 0 Å². The van der Waals surface area contributed by atoms with Gasteiger partial charge in [-0.05, 0) is 37.3 Å². The Kier molecular flexibility index (Phi) is 7.35. The summed E-state index contributed by atoms with van der Waals surface area (Å²) in [5, 5.41) is 13.3. The Hall–Kier alpha value is -3.82. The molecule has 1 atom stereocenters. The standard InChI is InChI=1S/C19H20N2O8/c1-12(29-18(22)11-28-15-7-5-14(26-2)6-8-15)19(23)20-16-9-4-13(21(24)25)10-17(16)27-3/h4-10,12H,11H2,1-3H3,(H,20,23)/t12-/m0/s1. The fraction of sp³-hybridized carbons (Fsp3) is 0.263. The van der Waals surface area contributed by atoms with Crippen LogP contribution in [0.2, 0.25) is 0 Å². The lowest BCUT2D eigenvalue weighted by Crippen LogP contribution is -2.31. The van der Waals surface area contributed by atoms with E-state index >= 15 is 0 Å². The molecule has 0 aromatic heterocycles. The van der Waals surface area contributed by atoms with Crippen molar-refractivity contribution < 1.29 is 33.5 Å². The fourth-order valence-electron chi connectivity index (χ4n) is 2.23. The van der Waals surface area contributed by atoms with Crippen LogP contribution in [-0.4, -0.2) is 43.7 Å². The summed E-state index contributed by atoms with van der Waals surface area (Å²) in [6.45, 7) is 1.00. The van der Waals surface area contributed by atoms with Crippen LogP contribution in [0.25, 0.3) is 0 Å². The number of methoxy groups -OCH3 is 2. The van der Waals surface area contributed by atoms with Crippen LogP contribution >= 0.6 is 0 Å². The Balaban J connectivity index is 1.89. The van der Waals surface area contributed by atoms with Gasteiger partial charge in [0.25, 0.3) is 11.6 Å². The maximum absolute atomic E-state index is 12.2. The van der Waals surface area contributed by atoms with E-state index in [0.717, 1.165) is 0 Å². The van der Waals surface area contributed by atoms with Crippen LogP contribution in [-0.2, 0) is 14.3 Å². The molecule has 0 radical (unpaired) electrons. The second-order valence-corrected chi connectivity index (χ2v) is 5.73. The first-order valence-corrected chi connectivity index (χ1v) is 8.43. The monoisotopic (exact) mass is 404 g/mol. The summed E-state index contributed by atoms with van der Waals surface area (Å²) < 4.78 is 20.4. The molecule has 29 heavy (non-hydrogen) atoms. The number of non-ortho nitro benzene ring substituents is 1. The average molecular weight is 404 g/mol. The highest BCUT2D eigenvalue weighted by Gasteiger charge is 2.20. The van der Waals surface area contributed by atoms with Gasteiger partial charge < -0.3 is 24.3 Å². The van der Waals surface area contributed by atoms with Gasteiger partial charge in [0.15, 0.2) is 12.7 Å². The Bertz CT molecular complexity index is 882. The third-order valence-corrected chi connectivity index (χ3v) is 3.75. The number of rotatable bonds is 9. The summed E-state index contributed by atoms with van der Waals surface area (Å²) >= 11 is 0. The molecule has 0 fully saturated rings. The van der Waals surface area contributed by atoms with E-state index < -0.39 is 22.9 Å². The van der Waals surface area contributed by atoms with Gasteiger partial charge in [0.05, 0.1) is 30.9 Å². The number of nitrogens with one attached hydrogen (secondary N) is 1. The van der Waals surface area contributed by atoms with Crippen molar-refractivity contribution in [1.29, 1.82) is 0 Å². The average Bonchev–Trinajstić information content (AvgIpc) is 2.72. The minimum atomic E-state index is -1.12. The van der Waals surface area contributed by atoms with Gasteiger partial charge in [-0.2, -0.15) is 0 Å². The molecule has 1 N–H and O–H groups in total. The van der Waals surface area contributed by atoms with Crippen molar-refractivity contribution in [3.05, 3.63) is 52.6 Å². The van der Waals surface area contributed by atoms with E-state index in [0.29, 0.717) is 11.5 Å². The van der Waals surface area contributed by atoms with E-state index in [1.54, 1.807) is 24.3 Å². The molecule has 0 aliphatic heterocycles. The number of nitro groups is 1. The van der Waals surface area contributed by atoms with Crippen molar-refractivity contribution >= 4 is 23.3 Å². The number of benzene rings is 2. The van der Waals surface area contributed by atoms with Crippen LogP contribution < -0.4 is 19.5 Å². The van der Waals surface area contributed by atoms with Crippen LogP contribution in [0.1, 0.15) is 6.92 Å². The Morgan fingerprint density at radius 1 is 1.07 bits per heavy atom. The number of carbonyl (C=O) groups excluding carboxylic acids is 2. The first-order chi connectivity index (χ1) is 13.8. The van der Waals surface area contributed by atoms with E-state index in [1.807, 2.05) is 0 Å². The van der Waals surface area contributed by atoms with Gasteiger partial charge in [0, 0.05) is 6.07 Å². The minimum absolute atomic E-state index is 0.105. The maximum atomic E-state index is 12.2. The number of hydrogen-bond donors (Lipinski definition) is 1. The SMILES string of the molecule is COc1ccc(OCC(=O)O[C@@H](C)C(=O)Nc2ccc([N+](=O)[O-])cc2OC)cc1. The zero-order valence-electron chi connectivity index (χ0n) is 16.0. The van der Waals surface area contributed by atoms with Gasteiger partial charge in [0.2, 0.25) is 0 Å². The second kappa shape index (κ2) is 9.93. The Labute approximate surface area is 166 Å². The summed E-state index contributed by atoms with van der Waals surface area (Å²) in [5.74, 6) is -0.176. The van der Waals surface area contributed by atoms with Crippen molar-refractivity contribution in [3.63, 3.8) is 0 Å². The molecule has 10 heteroatoms. The smallest absolute Gasteiger partial charge is 0.344 e. The van der Waals surface area contributed by atoms with E-state index in [2.05, 4.69) is 5.32 Å². The van der Waals surface area contributed by atoms with E-state index in [1.165, 1.54) is 39.3 Å². The molecule has 0 saturated carbocycles. The Morgan fingerprint density at radius 2 is 1.72 bits per heavy atom. The van der Waals surface area contributed by atoms with Gasteiger partial charge >= 0.3 is 5.97 Å². The molecule has 0 heterocycles. The number of amides is 1. The molecular formula is C19H20N2O8. The highest BCUT2D eigenvalue weighted by Crippen LogP contribution is 2.29. The van der Waals surface area contributed by atoms with Crippen molar-refractivity contribution in [2.24, 2.45) is 0 Å². The molecule has 1 amide bonds. The largest absolute Gasteiger partial charge is 0.497 e. The number of nitrogens with zero attached hydrogens (tertiary/aromatic N) is 1. The van der Waals surface area contributed by atoms with Gasteiger partial charge in [0.1, 0.15) is 17.2 Å². The van der Waals surface area contributed by atoms with Crippen molar-refractivity contribution in [3.8, 4) is 17.2 Å². The summed E-state index contributed by atoms with van der Waals surface area (Å²) in [4.78, 5) is 34.4. The number of carbonyl (C=O) groups is 2. The van der Waals surface area contributed by atoms with E-state index in [-0.39, 0.29) is 23.7 Å². The molecular weight excluding hydrogens is 384 g/mol. The lowest BCUT2D eigenvalue weighted by Gasteiger charge is -2.15. The predicted octanol–water partition coefficient (Wildman–Crippen LogP) is 2.56. The molecule has 0 saturated heterocycles. The molecule has 0 unspecified atom stereocenters. The summed E-state index contributed by atoms with van der Waals surface area (Å²) in [6, 6.07) is 10.3. The fourth-order valence-corrected chi connectivity index (χ4v) is 2.23. The first kappa shape index (κ1) is 21.5. The summed E-state index contributed by atoms with van der Waals surface area (Å²) in [6.07, 6.45) is -1.12. The van der Waals surface area contributed by atoms with Gasteiger partial charge in [-0.15, -0.1) is 0 Å². The minimum Gasteiger partial charge on any atom is -0.497 e. The van der Waals surface area contributed by atoms with Crippen LogP contribution in [0, 0.1) is 10.1 Å². The van der Waals surface area contributed by atoms with Gasteiger partial charge in [-0.3, -0.25) is 14.9 Å². The number of nitro benzene ring substituents is 1. The first-order valence-electron chi connectivity index (χ1n) is 8.43. The third kappa shape index (κ3) is 6.09. The Morgan fingerprint density at radius 3 is 2.31 bits per heavy atom. The van der Waals surface area contributed by atoms with E-state index in [9.17, 15) is 19.7 Å². The highest BCUT2D eigenvalue weighted by molar-refractivity contribution is 5.96. The summed E-state index contributed by atoms with van der Waals surface area (Å²) in [5.41, 5.74) is 0.0236. The molecule has 2 rings (SSSR count). The van der Waals surface area contributed by atoms with E-state index in [4.69, 9.17) is 18.9 Å². The lowest BCUT2D eigenvalue weighted by molar-refractivity contribution is -0.384. The van der Waals surface area contributed by atoms with Crippen LogP contribution in [0.4, 0.5) is 11.4 Å². The zero-order valence-corrected chi connectivity index (χ0v) is 16.0. The number of ether oxygens (including phenoxy) is 4. The molecule has 0 spiro atoms. The van der Waals surface area contributed by atoms with Crippen molar-refractivity contribution in [1.82, 2.24) is 0 Å². The molecule has 2 aromatic carbocycles. The van der Waals surface area contributed by atoms with Crippen molar-refractivity contribution in [2.45, 2.75) is 13.0 Å². The third-order valence-electron chi connectivity index (χ3n) is 3.75. The number of hydrogen-bond acceptors (Lipinski definition) is 8. The van der Waals surface area contributed by atoms with Gasteiger partial charge in [-0.1, -0.05) is 0 Å². The van der Waals surface area contributed by atoms with Gasteiger partial charge in [-0.25, -0.2) is 4.79 Å². The number of anilines is 1. The highest BCUT2D eigenvalue weighted by atomic mass is 16.6. The molecule has 10 nitrogen and oxygen atoms in total. The second-order valence-electron chi connectivity index (χ2n) is 5.73. The normalized spacial score (nSPS) is 11.1. The number of esters is 1. The van der Waals surface area contributed by atoms with Crippen LogP contribution in [0.5, 0.6) is 17.2 Å². The van der Waals surface area contributed by atoms with Crippen LogP contribution in [0.15, 0.2) is 42.5 Å². The molecule has 0 aliphatic rings. The van der Waals surface area contributed by atoms with Crippen molar-refractivity contribution in [2.75, 3.05) is 26.1 Å². The molecule has 0 bridgehead atoms. The molecule has 2 aromatic rings. The lowest BCUT2D eigenvalue weighted by atomic mass is 10.2. The molecule has 154 valence electrons. The quantitative estimate of drug-likeness (QED) is 0.384.